The Labute approximate surface area is 136 Å². The molecule has 6 heteroatoms. The van der Waals surface area contributed by atoms with Crippen LogP contribution in [-0.2, 0) is 4.79 Å². The van der Waals surface area contributed by atoms with Crippen molar-refractivity contribution in [1.29, 1.82) is 0 Å². The Hall–Kier alpha value is -3.41. The molecular weight excluding hydrogens is 310 g/mol. The third-order valence-electron chi connectivity index (χ3n) is 3.54. The first-order valence-electron chi connectivity index (χ1n) is 7.18. The summed E-state index contributed by atoms with van der Waals surface area (Å²) in [6.45, 7) is 0. The minimum Gasteiger partial charge on any atom is -0.479 e. The average molecular weight is 323 g/mol. The van der Waals surface area contributed by atoms with Gasteiger partial charge in [0.15, 0.2) is 6.04 Å². The van der Waals surface area contributed by atoms with Crippen molar-refractivity contribution < 1.29 is 19.1 Å². The lowest BCUT2D eigenvalue weighted by Gasteiger charge is -2.14. The van der Waals surface area contributed by atoms with Gasteiger partial charge in [0, 0.05) is 5.39 Å². The number of amides is 1. The number of carboxylic acids is 1. The maximum absolute atomic E-state index is 12.4. The molecule has 0 saturated heterocycles. The fraction of sp³-hybridized carbons (Fsp3) is 0.0556. The van der Waals surface area contributed by atoms with Crippen molar-refractivity contribution in [2.24, 2.45) is 0 Å². The first kappa shape index (κ1) is 15.5. The van der Waals surface area contributed by atoms with Crippen LogP contribution in [0.3, 0.4) is 0 Å². The molecule has 6 nitrogen and oxygen atoms in total. The summed E-state index contributed by atoms with van der Waals surface area (Å²) in [6, 6.07) is 15.1. The van der Waals surface area contributed by atoms with Crippen LogP contribution in [0.15, 0.2) is 69.9 Å². The number of hydrogen-bond acceptors (Lipinski definition) is 4. The van der Waals surface area contributed by atoms with Crippen molar-refractivity contribution in [3.8, 4) is 0 Å². The van der Waals surface area contributed by atoms with Gasteiger partial charge < -0.3 is 14.8 Å². The molecule has 0 spiro atoms. The molecule has 3 aromatic rings. The Morgan fingerprint density at radius 1 is 1.00 bits per heavy atom. The average Bonchev–Trinajstić information content (AvgIpc) is 2.59. The van der Waals surface area contributed by atoms with Crippen molar-refractivity contribution in [3.63, 3.8) is 0 Å². The molecule has 0 saturated carbocycles. The molecule has 1 unspecified atom stereocenters. The van der Waals surface area contributed by atoms with E-state index in [1.54, 1.807) is 54.6 Å². The van der Waals surface area contributed by atoms with E-state index in [1.807, 2.05) is 0 Å². The van der Waals surface area contributed by atoms with Crippen LogP contribution in [-0.4, -0.2) is 17.0 Å². The molecule has 0 aliphatic heterocycles. The SMILES string of the molecule is O=C(NC(C(=O)O)c1ccccc1)c1cc2ccccc2oc1=O. The van der Waals surface area contributed by atoms with E-state index < -0.39 is 23.5 Å². The second kappa shape index (κ2) is 6.37. The van der Waals surface area contributed by atoms with E-state index in [1.165, 1.54) is 6.07 Å². The monoisotopic (exact) mass is 323 g/mol. The van der Waals surface area contributed by atoms with Crippen molar-refractivity contribution >= 4 is 22.8 Å². The van der Waals surface area contributed by atoms with Crippen LogP contribution in [0, 0.1) is 0 Å². The van der Waals surface area contributed by atoms with Gasteiger partial charge in [0.25, 0.3) is 5.91 Å². The van der Waals surface area contributed by atoms with Gasteiger partial charge in [-0.3, -0.25) is 4.79 Å². The Morgan fingerprint density at radius 2 is 1.67 bits per heavy atom. The Balaban J connectivity index is 1.95. The van der Waals surface area contributed by atoms with Gasteiger partial charge in [-0.2, -0.15) is 0 Å². The number of nitrogens with one attached hydrogen (secondary N) is 1. The van der Waals surface area contributed by atoms with Gasteiger partial charge in [-0.15, -0.1) is 0 Å². The molecule has 1 aromatic heterocycles. The second-order valence-corrected chi connectivity index (χ2v) is 5.14. The molecule has 0 aliphatic rings. The van der Waals surface area contributed by atoms with Crippen LogP contribution in [0.5, 0.6) is 0 Å². The standard InChI is InChI=1S/C18H13NO5/c20-16(19-15(17(21)22)11-6-2-1-3-7-11)13-10-12-8-4-5-9-14(12)24-18(13)23/h1-10,15H,(H,19,20)(H,21,22). The highest BCUT2D eigenvalue weighted by Gasteiger charge is 2.24. The number of hydrogen-bond donors (Lipinski definition) is 2. The maximum Gasteiger partial charge on any atom is 0.349 e. The molecule has 0 radical (unpaired) electrons. The quantitative estimate of drug-likeness (QED) is 0.718. The predicted molar refractivity (Wildman–Crippen MR) is 86.8 cm³/mol. The van der Waals surface area contributed by atoms with Gasteiger partial charge in [0.05, 0.1) is 0 Å². The summed E-state index contributed by atoms with van der Waals surface area (Å²) in [5.41, 5.74) is -0.292. The summed E-state index contributed by atoms with van der Waals surface area (Å²) in [4.78, 5) is 35.8. The molecule has 120 valence electrons. The lowest BCUT2D eigenvalue weighted by atomic mass is 10.1. The summed E-state index contributed by atoms with van der Waals surface area (Å²) >= 11 is 0. The number of fused-ring (bicyclic) bond motifs is 1. The molecule has 1 heterocycles. The number of rotatable bonds is 4. The topological polar surface area (TPSA) is 96.6 Å². The Bertz CT molecular complexity index is 962. The molecule has 2 N–H and O–H groups in total. The summed E-state index contributed by atoms with van der Waals surface area (Å²) in [5.74, 6) is -2.02. The third kappa shape index (κ3) is 3.03. The summed E-state index contributed by atoms with van der Waals surface area (Å²) in [7, 11) is 0. The van der Waals surface area contributed by atoms with Crippen LogP contribution < -0.4 is 10.9 Å². The van der Waals surface area contributed by atoms with Gasteiger partial charge in [-0.05, 0) is 17.7 Å². The lowest BCUT2D eigenvalue weighted by molar-refractivity contribution is -0.139. The van der Waals surface area contributed by atoms with Crippen LogP contribution in [0.2, 0.25) is 0 Å². The van der Waals surface area contributed by atoms with E-state index >= 15 is 0 Å². The third-order valence-corrected chi connectivity index (χ3v) is 3.54. The summed E-state index contributed by atoms with van der Waals surface area (Å²) in [5, 5.41) is 12.3. The van der Waals surface area contributed by atoms with Gasteiger partial charge >= 0.3 is 11.6 Å². The number of carbonyl (C=O) groups excluding carboxylic acids is 1. The van der Waals surface area contributed by atoms with E-state index in [9.17, 15) is 19.5 Å². The number of benzene rings is 2. The zero-order valence-corrected chi connectivity index (χ0v) is 12.4. The zero-order chi connectivity index (χ0) is 17.1. The Kier molecular flexibility index (Phi) is 4.11. The first-order chi connectivity index (χ1) is 11.6. The van der Waals surface area contributed by atoms with Crippen molar-refractivity contribution in [1.82, 2.24) is 5.32 Å². The van der Waals surface area contributed by atoms with Crippen LogP contribution >= 0.6 is 0 Å². The minimum atomic E-state index is -1.26. The second-order valence-electron chi connectivity index (χ2n) is 5.14. The van der Waals surface area contributed by atoms with Crippen molar-refractivity contribution in [2.45, 2.75) is 6.04 Å². The molecular formula is C18H13NO5. The Morgan fingerprint density at radius 3 is 2.38 bits per heavy atom. The van der Waals surface area contributed by atoms with E-state index in [0.29, 0.717) is 16.5 Å². The predicted octanol–water partition coefficient (Wildman–Crippen LogP) is 2.35. The fourth-order valence-corrected chi connectivity index (χ4v) is 2.36. The molecule has 1 atom stereocenters. The van der Waals surface area contributed by atoms with Crippen LogP contribution in [0.4, 0.5) is 0 Å². The number of para-hydroxylation sites is 1. The highest BCUT2D eigenvalue weighted by atomic mass is 16.4. The molecule has 0 aliphatic carbocycles. The van der Waals surface area contributed by atoms with E-state index in [2.05, 4.69) is 5.32 Å². The van der Waals surface area contributed by atoms with Crippen molar-refractivity contribution in [2.75, 3.05) is 0 Å². The fourth-order valence-electron chi connectivity index (χ4n) is 2.36. The minimum absolute atomic E-state index is 0.240. The van der Waals surface area contributed by atoms with Crippen LogP contribution in [0.25, 0.3) is 11.0 Å². The van der Waals surface area contributed by atoms with Gasteiger partial charge in [0.1, 0.15) is 11.1 Å². The maximum atomic E-state index is 12.4. The van der Waals surface area contributed by atoms with Gasteiger partial charge in [0.2, 0.25) is 0 Å². The van der Waals surface area contributed by atoms with E-state index in [4.69, 9.17) is 4.42 Å². The van der Waals surface area contributed by atoms with E-state index in [0.717, 1.165) is 0 Å². The lowest BCUT2D eigenvalue weighted by Crippen LogP contribution is -2.36. The summed E-state index contributed by atoms with van der Waals surface area (Å²) < 4.78 is 5.10. The zero-order valence-electron chi connectivity index (χ0n) is 12.4. The number of carboxylic acid groups (broad SMARTS) is 1. The molecule has 0 bridgehead atoms. The molecule has 3 rings (SSSR count). The molecule has 0 fully saturated rings. The largest absolute Gasteiger partial charge is 0.479 e. The van der Waals surface area contributed by atoms with E-state index in [-0.39, 0.29) is 5.56 Å². The summed E-state index contributed by atoms with van der Waals surface area (Å²) in [6.07, 6.45) is 0. The molecule has 2 aromatic carbocycles. The van der Waals surface area contributed by atoms with Gasteiger partial charge in [-0.25, -0.2) is 9.59 Å². The molecule has 1 amide bonds. The number of aliphatic carboxylic acids is 1. The first-order valence-corrected chi connectivity index (χ1v) is 7.18. The molecule has 24 heavy (non-hydrogen) atoms. The highest BCUT2D eigenvalue weighted by molar-refractivity contribution is 5.98. The highest BCUT2D eigenvalue weighted by Crippen LogP contribution is 2.15. The number of carbonyl (C=O) groups is 2. The van der Waals surface area contributed by atoms with Crippen molar-refractivity contribution in [3.05, 3.63) is 82.2 Å². The normalized spacial score (nSPS) is 11.8. The van der Waals surface area contributed by atoms with Gasteiger partial charge in [-0.1, -0.05) is 48.5 Å². The van der Waals surface area contributed by atoms with Crippen LogP contribution in [0.1, 0.15) is 22.0 Å². The smallest absolute Gasteiger partial charge is 0.349 e.